The normalized spacial score (nSPS) is 14.9. The number of hydrogen-bond donors (Lipinski definition) is 7. The molecule has 8 N–H and O–H groups in total. The first kappa shape index (κ1) is 47.5. The molecule has 3 aromatic rings. The first-order chi connectivity index (χ1) is 28.5. The van der Waals surface area contributed by atoms with Crippen LogP contribution < -0.4 is 36.5 Å². The van der Waals surface area contributed by atoms with Crippen LogP contribution in [0, 0.1) is 0 Å². The Morgan fingerprint density at radius 2 is 1.55 bits per heavy atom. The van der Waals surface area contributed by atoms with Gasteiger partial charge in [0.1, 0.15) is 29.5 Å². The highest BCUT2D eigenvalue weighted by Crippen LogP contribution is 2.39. The van der Waals surface area contributed by atoms with E-state index in [1.54, 1.807) is 36.4 Å². The van der Waals surface area contributed by atoms with Gasteiger partial charge < -0.3 is 56.4 Å². The van der Waals surface area contributed by atoms with E-state index >= 15 is 9.59 Å². The summed E-state index contributed by atoms with van der Waals surface area (Å²) < 4.78 is 10.4. The number of ketones is 2. The van der Waals surface area contributed by atoms with Crippen LogP contribution in [0.5, 0.6) is 23.0 Å². The highest BCUT2D eigenvalue weighted by atomic mass is 16.5. The third kappa shape index (κ3) is 11.2. The number of carbonyl (C=O) groups is 7. The van der Waals surface area contributed by atoms with Gasteiger partial charge in [0.2, 0.25) is 11.8 Å². The van der Waals surface area contributed by atoms with Gasteiger partial charge in [-0.25, -0.2) is 0 Å². The number of rotatable bonds is 22. The van der Waals surface area contributed by atoms with Gasteiger partial charge in [-0.3, -0.25) is 28.8 Å². The molecule has 0 bridgehead atoms. The smallest absolute Gasteiger partial charge is 0.267 e. The number of nitrogens with one attached hydrogen (secondary N) is 4. The van der Waals surface area contributed by atoms with Crippen LogP contribution in [-0.4, -0.2) is 122 Å². The van der Waals surface area contributed by atoms with Crippen molar-refractivity contribution in [3.8, 4) is 23.0 Å². The number of allylic oxidation sites excluding steroid dienone is 1. The minimum absolute atomic E-state index is 0.00419. The molecule has 3 aromatic carbocycles. The summed E-state index contributed by atoms with van der Waals surface area (Å²) in [5.41, 5.74) is 3.92. The van der Waals surface area contributed by atoms with E-state index in [0.29, 0.717) is 23.2 Å². The Labute approximate surface area is 348 Å². The molecule has 0 saturated heterocycles. The fourth-order valence-corrected chi connectivity index (χ4v) is 6.46. The number of nitrogens with zero attached hydrogens (tertiary/aromatic N) is 1. The van der Waals surface area contributed by atoms with E-state index in [2.05, 4.69) is 21.3 Å². The molecule has 320 valence electrons. The monoisotopic (exact) mass is 828 g/mol. The zero-order chi connectivity index (χ0) is 44.7. The Bertz CT molecular complexity index is 2090. The summed E-state index contributed by atoms with van der Waals surface area (Å²) in [5.74, 6) is -6.81. The van der Waals surface area contributed by atoms with E-state index in [9.17, 15) is 34.2 Å². The van der Waals surface area contributed by atoms with Gasteiger partial charge in [-0.1, -0.05) is 36.4 Å². The van der Waals surface area contributed by atoms with Crippen LogP contribution in [-0.2, 0) is 40.0 Å². The standard InChI is InChI=1S/C43H52N6O11/c1-25(44)40(56)48-32(9-8-20-50)38(54)37(29-14-19-36(60-7)35(53)23-29)43(24-51,49(5)42(58)34(46-4)22-27-10-15-30(52)16-11-27)39(55)26(2)47-41(57)33(45-3)21-28-12-17-31(59-6)18-13-28/h8-21,23-26,32,34,37,45-46,52-53H,22,44H2,1-7H3,(H,47,57)(H,48,56). The summed E-state index contributed by atoms with van der Waals surface area (Å²) in [6.07, 6.45) is 3.84. The molecule has 0 spiro atoms. The summed E-state index contributed by atoms with van der Waals surface area (Å²) in [5, 5.41) is 31.5. The molecule has 0 heterocycles. The zero-order valence-electron chi connectivity index (χ0n) is 34.4. The number of methoxy groups -OCH3 is 2. The summed E-state index contributed by atoms with van der Waals surface area (Å²) in [6.45, 7) is 2.60. The fraction of sp³-hybridized carbons (Fsp3) is 0.326. The van der Waals surface area contributed by atoms with E-state index in [1.807, 2.05) is 0 Å². The van der Waals surface area contributed by atoms with Gasteiger partial charge in [-0.15, -0.1) is 0 Å². The van der Waals surface area contributed by atoms with Crippen molar-refractivity contribution in [3.05, 3.63) is 101 Å². The molecule has 0 aliphatic rings. The second-order valence-electron chi connectivity index (χ2n) is 13.8. The van der Waals surface area contributed by atoms with Crippen LogP contribution in [0.15, 0.2) is 84.6 Å². The van der Waals surface area contributed by atoms with Gasteiger partial charge >= 0.3 is 0 Å². The van der Waals surface area contributed by atoms with Crippen LogP contribution in [0.3, 0.4) is 0 Å². The van der Waals surface area contributed by atoms with Gasteiger partial charge in [-0.2, -0.15) is 0 Å². The second kappa shape index (κ2) is 21.8. The topological polar surface area (TPSA) is 256 Å². The molecule has 17 nitrogen and oxygen atoms in total. The predicted molar refractivity (Wildman–Crippen MR) is 222 cm³/mol. The summed E-state index contributed by atoms with van der Waals surface area (Å²) in [7, 11) is 6.85. The lowest BCUT2D eigenvalue weighted by Crippen LogP contribution is -2.69. The predicted octanol–water partition coefficient (Wildman–Crippen LogP) is 0.916. The van der Waals surface area contributed by atoms with Gasteiger partial charge in [0.25, 0.3) is 5.91 Å². The fourth-order valence-electron chi connectivity index (χ4n) is 6.46. The Balaban J connectivity index is 2.34. The van der Waals surface area contributed by atoms with Crippen molar-refractivity contribution < 1.29 is 53.2 Å². The quantitative estimate of drug-likeness (QED) is 0.0423. The summed E-state index contributed by atoms with van der Waals surface area (Å²) in [4.78, 5) is 98.2. The number of carbonyl (C=O) groups excluding carboxylic acids is 7. The first-order valence-corrected chi connectivity index (χ1v) is 18.7. The minimum atomic E-state index is -2.85. The van der Waals surface area contributed by atoms with Gasteiger partial charge in [0, 0.05) is 14.1 Å². The highest BCUT2D eigenvalue weighted by molar-refractivity contribution is 6.16. The Kier molecular flexibility index (Phi) is 17.3. The van der Waals surface area contributed by atoms with Gasteiger partial charge in [0.05, 0.1) is 38.3 Å². The Hall–Kier alpha value is -6.85. The largest absolute Gasteiger partial charge is 0.508 e. The molecule has 0 fully saturated rings. The van der Waals surface area contributed by atoms with Crippen molar-refractivity contribution in [3.63, 3.8) is 0 Å². The third-order valence-electron chi connectivity index (χ3n) is 9.83. The van der Waals surface area contributed by atoms with E-state index in [4.69, 9.17) is 15.2 Å². The molecule has 6 atom stereocenters. The highest BCUT2D eigenvalue weighted by Gasteiger charge is 2.57. The lowest BCUT2D eigenvalue weighted by molar-refractivity contribution is -0.154. The second-order valence-corrected chi connectivity index (χ2v) is 13.8. The molecular weight excluding hydrogens is 777 g/mol. The number of amides is 3. The van der Waals surface area contributed by atoms with Gasteiger partial charge in [0.15, 0.2) is 34.9 Å². The molecule has 0 aromatic heterocycles. The molecule has 0 radical (unpaired) electrons. The number of phenolic OH excluding ortho intramolecular Hbond substituents is 2. The number of benzene rings is 3. The van der Waals surface area contributed by atoms with E-state index in [1.165, 1.54) is 72.5 Å². The van der Waals surface area contributed by atoms with Crippen molar-refractivity contribution >= 4 is 47.9 Å². The number of nitrogens with two attached hydrogens (primary N) is 1. The molecular formula is C43H52N6O11. The Morgan fingerprint density at radius 1 is 0.900 bits per heavy atom. The average molecular weight is 829 g/mol. The number of aromatic hydroxyl groups is 2. The van der Waals surface area contributed by atoms with Gasteiger partial charge in [-0.05, 0) is 92.6 Å². The van der Waals surface area contributed by atoms with Crippen LogP contribution in [0.2, 0.25) is 0 Å². The Morgan fingerprint density at radius 3 is 2.07 bits per heavy atom. The molecule has 0 aliphatic carbocycles. The molecule has 17 heteroatoms. The van der Waals surface area contributed by atoms with Crippen molar-refractivity contribution in [1.29, 1.82) is 0 Å². The van der Waals surface area contributed by atoms with Crippen molar-refractivity contribution in [2.24, 2.45) is 5.73 Å². The first-order valence-electron chi connectivity index (χ1n) is 18.7. The summed E-state index contributed by atoms with van der Waals surface area (Å²) >= 11 is 0. The lowest BCUT2D eigenvalue weighted by Gasteiger charge is -2.44. The van der Waals surface area contributed by atoms with Crippen LogP contribution >= 0.6 is 0 Å². The number of aldehydes is 2. The SMILES string of the molecule is CNC(=Cc1ccc(OC)cc1)C(=O)NC(C)C(=O)C(C=O)(C(C(=O)C(C=CC=O)NC(=O)C(C)N)c1ccc(OC)c(O)c1)N(C)C(=O)C(Cc1ccc(O)cc1)NC. The molecule has 0 saturated carbocycles. The molecule has 3 rings (SSSR count). The number of likely N-dealkylation sites (N-methyl/N-ethyl adjacent to an activating group) is 3. The molecule has 0 aliphatic heterocycles. The van der Waals surface area contributed by atoms with Crippen molar-refractivity contribution in [1.82, 2.24) is 26.2 Å². The number of Topliss-reactive ketones (excluding diaryl/α,β-unsaturated/α-hetero) is 2. The maximum absolute atomic E-state index is 15.3. The number of ether oxygens (including phenoxy) is 2. The zero-order valence-corrected chi connectivity index (χ0v) is 34.4. The van der Waals surface area contributed by atoms with E-state index in [0.717, 1.165) is 30.2 Å². The van der Waals surface area contributed by atoms with Crippen LogP contribution in [0.4, 0.5) is 0 Å². The maximum atomic E-state index is 15.3. The third-order valence-corrected chi connectivity index (χ3v) is 9.83. The molecule has 60 heavy (non-hydrogen) atoms. The molecule has 6 unspecified atom stereocenters. The maximum Gasteiger partial charge on any atom is 0.267 e. The van der Waals surface area contributed by atoms with Crippen molar-refractivity contribution in [2.75, 3.05) is 35.4 Å². The molecule has 3 amide bonds. The minimum Gasteiger partial charge on any atom is -0.508 e. The number of phenols is 2. The van der Waals surface area contributed by atoms with E-state index in [-0.39, 0.29) is 35.5 Å². The number of hydrogen-bond acceptors (Lipinski definition) is 14. The lowest BCUT2D eigenvalue weighted by atomic mass is 9.70. The van der Waals surface area contributed by atoms with Crippen LogP contribution in [0.25, 0.3) is 6.08 Å². The van der Waals surface area contributed by atoms with Crippen LogP contribution in [0.1, 0.15) is 36.5 Å². The summed E-state index contributed by atoms with van der Waals surface area (Å²) in [6, 6.07) is 10.6. The van der Waals surface area contributed by atoms with E-state index < -0.39 is 70.7 Å². The van der Waals surface area contributed by atoms with Crippen molar-refractivity contribution in [2.45, 2.75) is 55.9 Å². The average Bonchev–Trinajstić information content (AvgIpc) is 3.24.